The molecule has 0 aliphatic rings. The highest BCUT2D eigenvalue weighted by molar-refractivity contribution is 9.10. The molecule has 0 saturated carbocycles. The van der Waals surface area contributed by atoms with Crippen LogP contribution in [-0.2, 0) is 13.1 Å². The van der Waals surface area contributed by atoms with Gasteiger partial charge in [-0.05, 0) is 19.2 Å². The molecule has 5 heteroatoms. The van der Waals surface area contributed by atoms with Crippen molar-refractivity contribution in [3.8, 4) is 0 Å². The van der Waals surface area contributed by atoms with Crippen molar-refractivity contribution in [1.29, 1.82) is 0 Å². The molecule has 1 aromatic heterocycles. The van der Waals surface area contributed by atoms with Crippen molar-refractivity contribution in [3.05, 3.63) is 44.8 Å². The summed E-state index contributed by atoms with van der Waals surface area (Å²) in [7, 11) is 2.07. The van der Waals surface area contributed by atoms with E-state index >= 15 is 0 Å². The van der Waals surface area contributed by atoms with Crippen molar-refractivity contribution in [1.82, 2.24) is 9.88 Å². The topological polar surface area (TPSA) is 42.2 Å². The SMILES string of the molecule is CN(Cc1cscn1)Cc1c(N)cccc1Br. The third-order valence-electron chi connectivity index (χ3n) is 2.50. The van der Waals surface area contributed by atoms with E-state index < -0.39 is 0 Å². The van der Waals surface area contributed by atoms with Gasteiger partial charge in [0.05, 0.1) is 11.2 Å². The van der Waals surface area contributed by atoms with E-state index in [0.717, 1.165) is 34.5 Å². The van der Waals surface area contributed by atoms with Gasteiger partial charge in [-0.25, -0.2) is 4.98 Å². The molecule has 2 rings (SSSR count). The lowest BCUT2D eigenvalue weighted by molar-refractivity contribution is 0.315. The molecule has 17 heavy (non-hydrogen) atoms. The van der Waals surface area contributed by atoms with Gasteiger partial charge in [0.2, 0.25) is 0 Å². The molecule has 0 aliphatic carbocycles. The molecule has 0 aliphatic heterocycles. The number of nitrogens with zero attached hydrogens (tertiary/aromatic N) is 2. The van der Waals surface area contributed by atoms with Crippen molar-refractivity contribution >= 4 is 33.0 Å². The number of nitrogens with two attached hydrogens (primary N) is 1. The quantitative estimate of drug-likeness (QED) is 0.882. The lowest BCUT2D eigenvalue weighted by Gasteiger charge is -2.17. The van der Waals surface area contributed by atoms with E-state index in [9.17, 15) is 0 Å². The second-order valence-corrected chi connectivity index (χ2v) is 5.53. The van der Waals surface area contributed by atoms with Crippen molar-refractivity contribution < 1.29 is 0 Å². The van der Waals surface area contributed by atoms with Crippen LogP contribution in [0, 0.1) is 0 Å². The first-order valence-corrected chi connectivity index (χ1v) is 6.99. The number of anilines is 1. The third-order valence-corrected chi connectivity index (χ3v) is 3.88. The Morgan fingerprint density at radius 2 is 2.24 bits per heavy atom. The van der Waals surface area contributed by atoms with E-state index in [4.69, 9.17) is 5.73 Å². The number of thiazole rings is 1. The number of halogens is 1. The molecule has 0 amide bonds. The minimum atomic E-state index is 0.810. The summed E-state index contributed by atoms with van der Waals surface area (Å²) in [6, 6.07) is 5.89. The van der Waals surface area contributed by atoms with E-state index in [0.29, 0.717) is 0 Å². The predicted molar refractivity (Wildman–Crippen MR) is 75.8 cm³/mol. The molecular weight excluding hydrogens is 298 g/mol. The summed E-state index contributed by atoms with van der Waals surface area (Å²) in [6.07, 6.45) is 0. The van der Waals surface area contributed by atoms with Crippen LogP contribution in [0.5, 0.6) is 0 Å². The van der Waals surface area contributed by atoms with Crippen molar-refractivity contribution in [3.63, 3.8) is 0 Å². The number of hydrogen-bond donors (Lipinski definition) is 1. The van der Waals surface area contributed by atoms with E-state index in [1.807, 2.05) is 23.7 Å². The number of rotatable bonds is 4. The largest absolute Gasteiger partial charge is 0.398 e. The molecule has 0 atom stereocenters. The zero-order valence-corrected chi connectivity index (χ0v) is 12.0. The number of nitrogen functional groups attached to an aromatic ring is 1. The Bertz CT molecular complexity index is 464. The summed E-state index contributed by atoms with van der Waals surface area (Å²) in [5.74, 6) is 0. The second kappa shape index (κ2) is 5.62. The van der Waals surface area contributed by atoms with Crippen LogP contribution in [0.3, 0.4) is 0 Å². The summed E-state index contributed by atoms with van der Waals surface area (Å²) in [6.45, 7) is 1.65. The van der Waals surface area contributed by atoms with Crippen LogP contribution in [-0.4, -0.2) is 16.9 Å². The summed E-state index contributed by atoms with van der Waals surface area (Å²) >= 11 is 5.16. The Hall–Kier alpha value is -0.910. The van der Waals surface area contributed by atoms with Crippen LogP contribution in [0.15, 0.2) is 33.6 Å². The second-order valence-electron chi connectivity index (χ2n) is 3.96. The molecule has 2 aromatic rings. The van der Waals surface area contributed by atoms with Crippen molar-refractivity contribution in [2.45, 2.75) is 13.1 Å². The monoisotopic (exact) mass is 311 g/mol. The highest BCUT2D eigenvalue weighted by Crippen LogP contribution is 2.24. The Morgan fingerprint density at radius 3 is 2.88 bits per heavy atom. The van der Waals surface area contributed by atoms with Crippen LogP contribution in [0.2, 0.25) is 0 Å². The van der Waals surface area contributed by atoms with Crippen LogP contribution in [0.1, 0.15) is 11.3 Å². The molecule has 0 unspecified atom stereocenters. The first-order chi connectivity index (χ1) is 8.16. The summed E-state index contributed by atoms with van der Waals surface area (Å²) < 4.78 is 1.06. The van der Waals surface area contributed by atoms with Crippen LogP contribution in [0.25, 0.3) is 0 Å². The maximum Gasteiger partial charge on any atom is 0.0795 e. The lowest BCUT2D eigenvalue weighted by atomic mass is 10.1. The highest BCUT2D eigenvalue weighted by atomic mass is 79.9. The minimum absolute atomic E-state index is 0.810. The molecule has 0 saturated heterocycles. The van der Waals surface area contributed by atoms with E-state index in [1.165, 1.54) is 0 Å². The average molecular weight is 312 g/mol. The molecule has 0 spiro atoms. The van der Waals surface area contributed by atoms with Crippen LogP contribution >= 0.6 is 27.3 Å². The van der Waals surface area contributed by atoms with Gasteiger partial charge in [-0.3, -0.25) is 4.90 Å². The van der Waals surface area contributed by atoms with Crippen molar-refractivity contribution in [2.75, 3.05) is 12.8 Å². The molecule has 90 valence electrons. The molecule has 0 bridgehead atoms. The normalized spacial score (nSPS) is 11.0. The van der Waals surface area contributed by atoms with Crippen molar-refractivity contribution in [2.24, 2.45) is 0 Å². The minimum Gasteiger partial charge on any atom is -0.398 e. The highest BCUT2D eigenvalue weighted by Gasteiger charge is 2.08. The summed E-state index contributed by atoms with van der Waals surface area (Å²) in [5, 5.41) is 2.07. The van der Waals surface area contributed by atoms with Gasteiger partial charge in [-0.2, -0.15) is 0 Å². The molecular formula is C12H14BrN3S. The maximum absolute atomic E-state index is 5.97. The molecule has 0 fully saturated rings. The van der Waals surface area contributed by atoms with Gasteiger partial charge in [-0.1, -0.05) is 22.0 Å². The van der Waals surface area contributed by atoms with E-state index in [2.05, 4.69) is 38.2 Å². The standard InChI is InChI=1S/C12H14BrN3S/c1-16(5-9-7-17-8-15-9)6-10-11(13)3-2-4-12(10)14/h2-4,7-8H,5-6,14H2,1H3. The fourth-order valence-electron chi connectivity index (χ4n) is 1.66. The predicted octanol–water partition coefficient (Wildman–Crippen LogP) is 3.12. The smallest absolute Gasteiger partial charge is 0.0795 e. The Morgan fingerprint density at radius 1 is 1.41 bits per heavy atom. The van der Waals surface area contributed by atoms with Gasteiger partial charge in [0.25, 0.3) is 0 Å². The van der Waals surface area contributed by atoms with Crippen LogP contribution < -0.4 is 5.73 Å². The zero-order chi connectivity index (χ0) is 12.3. The van der Waals surface area contributed by atoms with Gasteiger partial charge >= 0.3 is 0 Å². The van der Waals surface area contributed by atoms with Crippen LogP contribution in [0.4, 0.5) is 5.69 Å². The van der Waals surface area contributed by atoms with Gasteiger partial charge in [0.1, 0.15) is 0 Å². The Labute approximate surface area is 113 Å². The number of aromatic nitrogens is 1. The zero-order valence-electron chi connectivity index (χ0n) is 9.56. The fourth-order valence-corrected chi connectivity index (χ4v) is 2.72. The first-order valence-electron chi connectivity index (χ1n) is 5.25. The van der Waals surface area contributed by atoms with Gasteiger partial charge in [-0.15, -0.1) is 11.3 Å². The summed E-state index contributed by atoms with van der Waals surface area (Å²) in [5.41, 5.74) is 10.9. The van der Waals surface area contributed by atoms with E-state index in [1.54, 1.807) is 11.3 Å². The molecule has 3 nitrogen and oxygen atoms in total. The molecule has 1 aromatic carbocycles. The Balaban J connectivity index is 2.05. The third kappa shape index (κ3) is 3.28. The average Bonchev–Trinajstić information content (AvgIpc) is 2.76. The number of hydrogen-bond acceptors (Lipinski definition) is 4. The summed E-state index contributed by atoms with van der Waals surface area (Å²) in [4.78, 5) is 6.48. The Kier molecular flexibility index (Phi) is 4.15. The van der Waals surface area contributed by atoms with Gasteiger partial charge < -0.3 is 5.73 Å². The molecule has 1 heterocycles. The maximum atomic E-state index is 5.97. The number of benzene rings is 1. The first kappa shape index (κ1) is 12.5. The van der Waals surface area contributed by atoms with Gasteiger partial charge in [0, 0.05) is 34.2 Å². The van der Waals surface area contributed by atoms with Gasteiger partial charge in [0.15, 0.2) is 0 Å². The molecule has 0 radical (unpaired) electrons. The molecule has 2 N–H and O–H groups in total. The van der Waals surface area contributed by atoms with E-state index in [-0.39, 0.29) is 0 Å². The fraction of sp³-hybridized carbons (Fsp3) is 0.250. The lowest BCUT2D eigenvalue weighted by Crippen LogP contribution is -2.18.